The molecule has 0 fully saturated rings. The molecule has 0 spiro atoms. The molecule has 0 unspecified atom stereocenters. The molecule has 0 bridgehead atoms. The lowest BCUT2D eigenvalue weighted by molar-refractivity contribution is -0.145. The molecule has 0 aromatic carbocycles. The fourth-order valence-electron chi connectivity index (χ4n) is 0.390. The van der Waals surface area contributed by atoms with E-state index in [2.05, 4.69) is 11.3 Å². The van der Waals surface area contributed by atoms with Gasteiger partial charge < -0.3 is 9.84 Å². The van der Waals surface area contributed by atoms with Gasteiger partial charge in [-0.25, -0.2) is 4.79 Å². The number of carboxylic acids is 1. The van der Waals surface area contributed by atoms with E-state index >= 15 is 0 Å². The minimum absolute atomic E-state index is 0.340. The van der Waals surface area contributed by atoms with Crippen LogP contribution >= 0.6 is 0 Å². The predicted molar refractivity (Wildman–Crippen MR) is 38.2 cm³/mol. The molecule has 12 heavy (non-hydrogen) atoms. The molecule has 0 heterocycles. The lowest BCUT2D eigenvalue weighted by Gasteiger charge is -2.14. The molecule has 0 aromatic heterocycles. The third-order valence-electron chi connectivity index (χ3n) is 1.13. The molecular weight excluding hydrogens is 170 g/mol. The predicted octanol–water partition coefficient (Wildman–Crippen LogP) is 1.30. The Balaban J connectivity index is 3.76. The number of carboxylic acid groups (broad SMARTS) is 1. The van der Waals surface area contributed by atoms with Gasteiger partial charge in [0.25, 0.3) is 5.92 Å². The first kappa shape index (κ1) is 11.0. The number of alkyl halides is 2. The van der Waals surface area contributed by atoms with Crippen LogP contribution in [0.1, 0.15) is 6.92 Å². The van der Waals surface area contributed by atoms with Crippen molar-refractivity contribution in [3.8, 4) is 0 Å². The van der Waals surface area contributed by atoms with Gasteiger partial charge in [0, 0.05) is 0 Å². The molecule has 0 aliphatic carbocycles. The lowest BCUT2D eigenvalue weighted by Crippen LogP contribution is -2.26. The van der Waals surface area contributed by atoms with Crippen LogP contribution in [-0.2, 0) is 9.53 Å². The summed E-state index contributed by atoms with van der Waals surface area (Å²) in [5.41, 5.74) is -0.340. The van der Waals surface area contributed by atoms with Crippen molar-refractivity contribution in [1.82, 2.24) is 0 Å². The molecule has 0 rings (SSSR count). The number of ether oxygens (including phenoxy) is 1. The third-order valence-corrected chi connectivity index (χ3v) is 1.13. The SMILES string of the molecule is C=C(C)C(F)(F)COCC(=O)O. The Morgan fingerprint density at radius 2 is 2.17 bits per heavy atom. The summed E-state index contributed by atoms with van der Waals surface area (Å²) in [5, 5.41) is 8.06. The molecule has 3 nitrogen and oxygen atoms in total. The van der Waals surface area contributed by atoms with Crippen molar-refractivity contribution < 1.29 is 23.4 Å². The van der Waals surface area contributed by atoms with Gasteiger partial charge in [-0.2, -0.15) is 8.78 Å². The first-order valence-electron chi connectivity index (χ1n) is 3.19. The second-order valence-corrected chi connectivity index (χ2v) is 2.37. The summed E-state index contributed by atoms with van der Waals surface area (Å²) in [6.45, 7) is 2.55. The molecule has 5 heteroatoms. The van der Waals surface area contributed by atoms with Crippen molar-refractivity contribution in [2.75, 3.05) is 13.2 Å². The Morgan fingerprint density at radius 3 is 2.50 bits per heavy atom. The van der Waals surface area contributed by atoms with E-state index in [-0.39, 0.29) is 5.57 Å². The molecule has 0 atom stereocenters. The summed E-state index contributed by atoms with van der Waals surface area (Å²) in [4.78, 5) is 9.86. The van der Waals surface area contributed by atoms with Gasteiger partial charge in [-0.15, -0.1) is 0 Å². The minimum Gasteiger partial charge on any atom is -0.480 e. The van der Waals surface area contributed by atoms with Crippen LogP contribution in [0.5, 0.6) is 0 Å². The number of hydrogen-bond acceptors (Lipinski definition) is 2. The summed E-state index contributed by atoms with van der Waals surface area (Å²) >= 11 is 0. The van der Waals surface area contributed by atoms with Crippen molar-refractivity contribution in [3.63, 3.8) is 0 Å². The number of hydrogen-bond donors (Lipinski definition) is 1. The van der Waals surface area contributed by atoms with Crippen LogP contribution in [0.25, 0.3) is 0 Å². The molecule has 1 N–H and O–H groups in total. The summed E-state index contributed by atoms with van der Waals surface area (Å²) in [6.07, 6.45) is 0. The third kappa shape index (κ3) is 4.02. The molecule has 0 aliphatic rings. The van der Waals surface area contributed by atoms with Crippen molar-refractivity contribution in [3.05, 3.63) is 12.2 Å². The zero-order chi connectivity index (χ0) is 9.78. The molecule has 0 aliphatic heterocycles. The van der Waals surface area contributed by atoms with Gasteiger partial charge in [0.05, 0.1) is 0 Å². The van der Waals surface area contributed by atoms with Gasteiger partial charge in [-0.3, -0.25) is 0 Å². The first-order chi connectivity index (χ1) is 5.36. The monoisotopic (exact) mass is 180 g/mol. The maximum Gasteiger partial charge on any atom is 0.329 e. The Labute approximate surface area is 68.6 Å². The van der Waals surface area contributed by atoms with Crippen molar-refractivity contribution in [2.24, 2.45) is 0 Å². The van der Waals surface area contributed by atoms with Gasteiger partial charge in [-0.05, 0) is 12.5 Å². The number of halogens is 2. The van der Waals surface area contributed by atoms with Crippen molar-refractivity contribution in [1.29, 1.82) is 0 Å². The summed E-state index contributed by atoms with van der Waals surface area (Å²) in [7, 11) is 0. The highest BCUT2D eigenvalue weighted by Gasteiger charge is 2.30. The molecule has 0 amide bonds. The zero-order valence-corrected chi connectivity index (χ0v) is 6.64. The molecule has 0 saturated carbocycles. The maximum absolute atomic E-state index is 12.6. The van der Waals surface area contributed by atoms with Crippen LogP contribution in [0.2, 0.25) is 0 Å². The van der Waals surface area contributed by atoms with E-state index in [0.717, 1.165) is 6.92 Å². The van der Waals surface area contributed by atoms with Gasteiger partial charge >= 0.3 is 5.97 Å². The minimum atomic E-state index is -3.14. The van der Waals surface area contributed by atoms with E-state index in [0.29, 0.717) is 0 Å². The quantitative estimate of drug-likeness (QED) is 0.648. The highest BCUT2D eigenvalue weighted by Crippen LogP contribution is 2.21. The average molecular weight is 180 g/mol. The highest BCUT2D eigenvalue weighted by molar-refractivity contribution is 5.67. The smallest absolute Gasteiger partial charge is 0.329 e. The van der Waals surface area contributed by atoms with Crippen LogP contribution in [0.15, 0.2) is 12.2 Å². The van der Waals surface area contributed by atoms with E-state index in [1.54, 1.807) is 0 Å². The second kappa shape index (κ2) is 4.15. The normalized spacial score (nSPS) is 11.2. The van der Waals surface area contributed by atoms with E-state index in [9.17, 15) is 13.6 Å². The van der Waals surface area contributed by atoms with E-state index in [1.807, 2.05) is 0 Å². The van der Waals surface area contributed by atoms with E-state index in [4.69, 9.17) is 5.11 Å². The van der Waals surface area contributed by atoms with Gasteiger partial charge in [0.2, 0.25) is 0 Å². The fourth-order valence-corrected chi connectivity index (χ4v) is 0.390. The first-order valence-corrected chi connectivity index (χ1v) is 3.19. The van der Waals surface area contributed by atoms with Crippen LogP contribution in [0.3, 0.4) is 0 Å². The van der Waals surface area contributed by atoms with Crippen LogP contribution < -0.4 is 0 Å². The Kier molecular flexibility index (Phi) is 3.82. The zero-order valence-electron chi connectivity index (χ0n) is 6.64. The number of rotatable bonds is 5. The maximum atomic E-state index is 12.6. The summed E-state index contributed by atoms with van der Waals surface area (Å²) in [5.74, 6) is -4.41. The second-order valence-electron chi connectivity index (χ2n) is 2.37. The Bertz CT molecular complexity index is 189. The molecule has 0 radical (unpaired) electrons. The topological polar surface area (TPSA) is 46.5 Å². The summed E-state index contributed by atoms with van der Waals surface area (Å²) < 4.78 is 29.4. The molecule has 0 saturated heterocycles. The van der Waals surface area contributed by atoms with Crippen LogP contribution in [0.4, 0.5) is 8.78 Å². The van der Waals surface area contributed by atoms with Gasteiger partial charge in [0.15, 0.2) is 0 Å². The average Bonchev–Trinajstić information content (AvgIpc) is 1.85. The largest absolute Gasteiger partial charge is 0.480 e. The van der Waals surface area contributed by atoms with Crippen LogP contribution in [0, 0.1) is 0 Å². The number of carbonyl (C=O) groups is 1. The Morgan fingerprint density at radius 1 is 1.67 bits per heavy atom. The van der Waals surface area contributed by atoms with E-state index < -0.39 is 25.1 Å². The Hall–Kier alpha value is -0.970. The van der Waals surface area contributed by atoms with Crippen molar-refractivity contribution in [2.45, 2.75) is 12.8 Å². The van der Waals surface area contributed by atoms with Crippen molar-refractivity contribution >= 4 is 5.97 Å². The van der Waals surface area contributed by atoms with E-state index in [1.165, 1.54) is 0 Å². The van der Waals surface area contributed by atoms with Gasteiger partial charge in [0.1, 0.15) is 13.2 Å². The standard InChI is InChI=1S/C7H10F2O3/c1-5(2)7(8,9)4-12-3-6(10)11/h1,3-4H2,2H3,(H,10,11). The fraction of sp³-hybridized carbons (Fsp3) is 0.571. The number of aliphatic carboxylic acids is 1. The highest BCUT2D eigenvalue weighted by atomic mass is 19.3. The van der Waals surface area contributed by atoms with Gasteiger partial charge in [-0.1, -0.05) is 6.58 Å². The summed E-state index contributed by atoms with van der Waals surface area (Å²) in [6, 6.07) is 0. The molecular formula is C7H10F2O3. The molecule has 70 valence electrons. The van der Waals surface area contributed by atoms with Crippen LogP contribution in [-0.4, -0.2) is 30.2 Å². The molecule has 0 aromatic rings. The lowest BCUT2D eigenvalue weighted by atomic mass is 10.2.